The summed E-state index contributed by atoms with van der Waals surface area (Å²) in [5.41, 5.74) is 0.947. The maximum atomic E-state index is 12.1. The molecular weight excluding hydrogens is 318 g/mol. The Kier molecular flexibility index (Phi) is 5.97. The largest absolute Gasteiger partial charge is 0.469 e. The van der Waals surface area contributed by atoms with E-state index in [0.29, 0.717) is 22.8 Å². The van der Waals surface area contributed by atoms with Crippen LogP contribution >= 0.6 is 11.6 Å². The molecule has 0 atom stereocenters. The summed E-state index contributed by atoms with van der Waals surface area (Å²) in [6, 6.07) is 6.77. The van der Waals surface area contributed by atoms with Gasteiger partial charge in [-0.15, -0.1) is 0 Å². The second-order valence-electron chi connectivity index (χ2n) is 5.58. The maximum Gasteiger partial charge on any atom is 0.309 e. The summed E-state index contributed by atoms with van der Waals surface area (Å²) in [7, 11) is 1.40. The minimum Gasteiger partial charge on any atom is -0.469 e. The van der Waals surface area contributed by atoms with Crippen LogP contribution in [0.4, 0.5) is 5.69 Å². The summed E-state index contributed by atoms with van der Waals surface area (Å²) in [5, 5.41) is 11.9. The monoisotopic (exact) mass is 336 g/mol. The highest BCUT2D eigenvalue weighted by Gasteiger charge is 2.29. The van der Waals surface area contributed by atoms with Crippen LogP contribution in [0.15, 0.2) is 18.2 Å². The summed E-state index contributed by atoms with van der Waals surface area (Å²) in [6.45, 7) is 1.87. The zero-order valence-electron chi connectivity index (χ0n) is 12.9. The Morgan fingerprint density at radius 1 is 1.43 bits per heavy atom. The number of nitrogens with zero attached hydrogens (tertiary/aromatic N) is 1. The third kappa shape index (κ3) is 4.68. The number of rotatable bonds is 4. The molecule has 23 heavy (non-hydrogen) atoms. The Hall–Kier alpha value is -2.10. The van der Waals surface area contributed by atoms with Crippen molar-refractivity contribution in [3.63, 3.8) is 0 Å². The average molecular weight is 337 g/mol. The number of quaternary nitrogens is 1. The fourth-order valence-corrected chi connectivity index (χ4v) is 2.94. The van der Waals surface area contributed by atoms with Gasteiger partial charge in [0.1, 0.15) is 6.07 Å². The summed E-state index contributed by atoms with van der Waals surface area (Å²) in [5.74, 6) is -0.331. The highest BCUT2D eigenvalue weighted by atomic mass is 35.5. The van der Waals surface area contributed by atoms with Crippen LogP contribution < -0.4 is 10.2 Å². The molecule has 0 saturated carbocycles. The summed E-state index contributed by atoms with van der Waals surface area (Å²) < 4.78 is 4.75. The predicted molar refractivity (Wildman–Crippen MR) is 85.1 cm³/mol. The van der Waals surface area contributed by atoms with Crippen molar-refractivity contribution in [2.45, 2.75) is 12.8 Å². The standard InChI is InChI=1S/C16H18ClN3O3/c1-23-16(22)11-4-6-20(7-5-11)10-15(21)19-13-3-2-12(9-18)14(17)8-13/h2-3,8,11H,4-7,10H2,1H3,(H,19,21)/p+1. The molecule has 1 aromatic carbocycles. The minimum absolute atomic E-state index is 0.0517. The number of methoxy groups -OCH3 is 1. The van der Waals surface area contributed by atoms with Crippen molar-refractivity contribution in [3.8, 4) is 6.07 Å². The van der Waals surface area contributed by atoms with E-state index in [1.165, 1.54) is 7.11 Å². The molecule has 7 heteroatoms. The number of anilines is 1. The number of hydrogen-bond acceptors (Lipinski definition) is 4. The van der Waals surface area contributed by atoms with Gasteiger partial charge in [0, 0.05) is 18.5 Å². The third-order valence-electron chi connectivity index (χ3n) is 4.01. The number of carbonyl (C=O) groups excluding carboxylic acids is 2. The SMILES string of the molecule is COC(=O)C1CC[NH+](CC(=O)Nc2ccc(C#N)c(Cl)c2)CC1. The molecule has 0 aromatic heterocycles. The topological polar surface area (TPSA) is 83.6 Å². The molecule has 0 aliphatic carbocycles. The number of nitriles is 1. The van der Waals surface area contributed by atoms with Crippen molar-refractivity contribution in [2.75, 3.05) is 32.1 Å². The van der Waals surface area contributed by atoms with Crippen LogP contribution in [-0.2, 0) is 14.3 Å². The van der Waals surface area contributed by atoms with E-state index in [0.717, 1.165) is 30.8 Å². The number of likely N-dealkylation sites (tertiary alicyclic amines) is 1. The van der Waals surface area contributed by atoms with Gasteiger partial charge < -0.3 is 15.0 Å². The Labute approximate surface area is 140 Å². The molecule has 2 rings (SSSR count). The molecule has 122 valence electrons. The molecule has 1 aliphatic rings. The van der Waals surface area contributed by atoms with Gasteiger partial charge >= 0.3 is 5.97 Å². The first-order valence-electron chi connectivity index (χ1n) is 7.44. The Morgan fingerprint density at radius 2 is 2.13 bits per heavy atom. The lowest BCUT2D eigenvalue weighted by atomic mass is 9.97. The first kappa shape index (κ1) is 17.3. The third-order valence-corrected chi connectivity index (χ3v) is 4.32. The number of hydrogen-bond donors (Lipinski definition) is 2. The molecule has 1 fully saturated rings. The molecular formula is C16H19ClN3O3+. The van der Waals surface area contributed by atoms with Crippen LogP contribution in [0, 0.1) is 17.2 Å². The normalized spacial score (nSPS) is 20.4. The molecule has 0 unspecified atom stereocenters. The molecule has 0 spiro atoms. The van der Waals surface area contributed by atoms with E-state index in [9.17, 15) is 9.59 Å². The molecule has 0 bridgehead atoms. The highest BCUT2D eigenvalue weighted by Crippen LogP contribution is 2.20. The van der Waals surface area contributed by atoms with Crippen molar-refractivity contribution in [1.29, 1.82) is 5.26 Å². The molecule has 1 aromatic rings. The number of amides is 1. The molecule has 2 N–H and O–H groups in total. The predicted octanol–water partition coefficient (Wildman–Crippen LogP) is 0.618. The molecule has 0 radical (unpaired) electrons. The molecule has 1 saturated heterocycles. The number of carbonyl (C=O) groups is 2. The lowest BCUT2D eigenvalue weighted by Gasteiger charge is -2.27. The fourth-order valence-electron chi connectivity index (χ4n) is 2.72. The van der Waals surface area contributed by atoms with Crippen LogP contribution in [0.25, 0.3) is 0 Å². The number of nitrogens with one attached hydrogen (secondary N) is 2. The molecule has 1 aliphatic heterocycles. The van der Waals surface area contributed by atoms with Gasteiger partial charge in [-0.05, 0) is 18.2 Å². The van der Waals surface area contributed by atoms with Gasteiger partial charge in [0.05, 0.1) is 36.7 Å². The second kappa shape index (κ2) is 7.95. The summed E-state index contributed by atoms with van der Waals surface area (Å²) in [4.78, 5) is 24.7. The van der Waals surface area contributed by atoms with E-state index in [-0.39, 0.29) is 17.8 Å². The van der Waals surface area contributed by atoms with Crippen LogP contribution in [0.3, 0.4) is 0 Å². The number of benzene rings is 1. The lowest BCUT2D eigenvalue weighted by Crippen LogP contribution is -3.14. The van der Waals surface area contributed by atoms with Crippen molar-refractivity contribution < 1.29 is 19.2 Å². The molecule has 1 heterocycles. The van der Waals surface area contributed by atoms with Gasteiger partial charge in [-0.25, -0.2) is 0 Å². The first-order valence-corrected chi connectivity index (χ1v) is 7.82. The average Bonchev–Trinajstić information content (AvgIpc) is 2.55. The maximum absolute atomic E-state index is 12.1. The van der Waals surface area contributed by atoms with Crippen LogP contribution in [0.2, 0.25) is 5.02 Å². The van der Waals surface area contributed by atoms with Crippen LogP contribution in [-0.4, -0.2) is 38.6 Å². The van der Waals surface area contributed by atoms with Crippen molar-refractivity contribution in [1.82, 2.24) is 0 Å². The smallest absolute Gasteiger partial charge is 0.309 e. The van der Waals surface area contributed by atoms with Crippen molar-refractivity contribution in [2.24, 2.45) is 5.92 Å². The first-order chi connectivity index (χ1) is 11.0. The second-order valence-corrected chi connectivity index (χ2v) is 5.99. The van der Waals surface area contributed by atoms with Gasteiger partial charge in [-0.1, -0.05) is 11.6 Å². The lowest BCUT2D eigenvalue weighted by molar-refractivity contribution is -0.897. The molecule has 6 nitrogen and oxygen atoms in total. The van der Waals surface area contributed by atoms with Gasteiger partial charge in [-0.2, -0.15) is 5.26 Å². The van der Waals surface area contributed by atoms with Gasteiger partial charge in [0.25, 0.3) is 5.91 Å². The van der Waals surface area contributed by atoms with Gasteiger partial charge in [0.2, 0.25) is 0 Å². The van der Waals surface area contributed by atoms with Crippen molar-refractivity contribution >= 4 is 29.2 Å². The van der Waals surface area contributed by atoms with Gasteiger partial charge in [0.15, 0.2) is 6.54 Å². The van der Waals surface area contributed by atoms with Crippen LogP contribution in [0.5, 0.6) is 0 Å². The van der Waals surface area contributed by atoms with Crippen LogP contribution in [0.1, 0.15) is 18.4 Å². The Morgan fingerprint density at radius 3 is 2.70 bits per heavy atom. The summed E-state index contributed by atoms with van der Waals surface area (Å²) in [6.07, 6.45) is 1.47. The minimum atomic E-state index is -0.166. The van der Waals surface area contributed by atoms with E-state index >= 15 is 0 Å². The number of piperidine rings is 1. The fraction of sp³-hybridized carbons (Fsp3) is 0.438. The van der Waals surface area contributed by atoms with E-state index in [2.05, 4.69) is 5.32 Å². The Bertz CT molecular complexity index is 634. The number of esters is 1. The Balaban J connectivity index is 1.83. The van der Waals surface area contributed by atoms with Gasteiger partial charge in [-0.3, -0.25) is 9.59 Å². The van der Waals surface area contributed by atoms with E-state index in [1.807, 2.05) is 6.07 Å². The summed E-state index contributed by atoms with van der Waals surface area (Å²) >= 11 is 5.94. The quantitative estimate of drug-likeness (QED) is 0.789. The zero-order valence-corrected chi connectivity index (χ0v) is 13.7. The zero-order chi connectivity index (χ0) is 16.8. The van der Waals surface area contributed by atoms with E-state index < -0.39 is 0 Å². The van der Waals surface area contributed by atoms with E-state index in [1.54, 1.807) is 18.2 Å². The highest BCUT2D eigenvalue weighted by molar-refractivity contribution is 6.32. The van der Waals surface area contributed by atoms with Crippen molar-refractivity contribution in [3.05, 3.63) is 28.8 Å². The number of halogens is 1. The van der Waals surface area contributed by atoms with E-state index in [4.69, 9.17) is 21.6 Å². The number of ether oxygens (including phenoxy) is 1. The molecule has 1 amide bonds.